The first-order valence-electron chi connectivity index (χ1n) is 9.67. The van der Waals surface area contributed by atoms with Crippen molar-refractivity contribution in [2.45, 2.75) is 26.5 Å². The molecule has 2 aliphatic rings. The van der Waals surface area contributed by atoms with Gasteiger partial charge in [-0.15, -0.1) is 0 Å². The summed E-state index contributed by atoms with van der Waals surface area (Å²) >= 11 is 0. The number of pyridine rings is 1. The van der Waals surface area contributed by atoms with Crippen molar-refractivity contribution in [1.82, 2.24) is 10.3 Å². The Labute approximate surface area is 169 Å². The molecule has 6 heteroatoms. The van der Waals surface area contributed by atoms with Gasteiger partial charge in [-0.1, -0.05) is 36.4 Å². The van der Waals surface area contributed by atoms with Gasteiger partial charge in [-0.25, -0.2) is 9.78 Å². The number of hydrogen-bond donors (Lipinski definition) is 1. The summed E-state index contributed by atoms with van der Waals surface area (Å²) in [5.74, 6) is 0.355. The molecule has 148 valence electrons. The van der Waals surface area contributed by atoms with Crippen LogP contribution in [0, 0.1) is 0 Å². The minimum absolute atomic E-state index is 0.234. The average molecular weight is 389 g/mol. The van der Waals surface area contributed by atoms with E-state index in [1.807, 2.05) is 55.6 Å². The van der Waals surface area contributed by atoms with E-state index in [1.165, 1.54) is 12.5 Å². The summed E-state index contributed by atoms with van der Waals surface area (Å²) < 4.78 is 5.28. The van der Waals surface area contributed by atoms with Gasteiger partial charge >= 0.3 is 5.97 Å². The van der Waals surface area contributed by atoms with E-state index in [9.17, 15) is 9.59 Å². The maximum absolute atomic E-state index is 12.3. The zero-order valence-corrected chi connectivity index (χ0v) is 16.5. The predicted octanol–water partition coefficient (Wildman–Crippen LogP) is 3.17. The van der Waals surface area contributed by atoms with Gasteiger partial charge in [0.05, 0.1) is 5.57 Å². The number of hydrogen-bond acceptors (Lipinski definition) is 5. The molecule has 2 aromatic rings. The molecule has 1 amide bonds. The number of anilines is 1. The van der Waals surface area contributed by atoms with Crippen LogP contribution in [0.15, 0.2) is 60.3 Å². The van der Waals surface area contributed by atoms with Gasteiger partial charge in [0.1, 0.15) is 5.82 Å². The Bertz CT molecular complexity index is 994. The highest BCUT2D eigenvalue weighted by Crippen LogP contribution is 2.31. The average Bonchev–Trinajstić information content (AvgIpc) is 3.01. The van der Waals surface area contributed by atoms with Crippen LogP contribution in [0.3, 0.4) is 0 Å². The third-order valence-electron chi connectivity index (χ3n) is 5.28. The van der Waals surface area contributed by atoms with Gasteiger partial charge in [0.15, 0.2) is 6.23 Å². The van der Waals surface area contributed by atoms with E-state index in [4.69, 9.17) is 4.74 Å². The third kappa shape index (κ3) is 3.92. The number of nitrogens with one attached hydrogen (secondary N) is 1. The molecule has 0 fully saturated rings. The van der Waals surface area contributed by atoms with Gasteiger partial charge in [0.2, 0.25) is 5.91 Å². The van der Waals surface area contributed by atoms with Crippen LogP contribution >= 0.6 is 0 Å². The van der Waals surface area contributed by atoms with Gasteiger partial charge in [-0.05, 0) is 42.2 Å². The lowest BCUT2D eigenvalue weighted by molar-refractivity contribution is -0.140. The van der Waals surface area contributed by atoms with Crippen LogP contribution in [0.4, 0.5) is 5.82 Å². The molecule has 0 bridgehead atoms. The zero-order valence-electron chi connectivity index (χ0n) is 16.5. The van der Waals surface area contributed by atoms with Crippen LogP contribution in [0.5, 0.6) is 0 Å². The minimum Gasteiger partial charge on any atom is -0.434 e. The van der Waals surface area contributed by atoms with Crippen molar-refractivity contribution < 1.29 is 14.3 Å². The Hall–Kier alpha value is -3.41. The van der Waals surface area contributed by atoms with E-state index in [2.05, 4.69) is 21.3 Å². The van der Waals surface area contributed by atoms with Gasteiger partial charge in [-0.3, -0.25) is 4.79 Å². The number of esters is 1. The molecule has 3 heterocycles. The summed E-state index contributed by atoms with van der Waals surface area (Å²) in [4.78, 5) is 30.2. The number of ether oxygens (including phenoxy) is 1. The first-order valence-corrected chi connectivity index (χ1v) is 9.67. The van der Waals surface area contributed by atoms with Crippen molar-refractivity contribution in [3.8, 4) is 0 Å². The number of benzene rings is 1. The molecule has 1 aromatic heterocycles. The molecule has 0 spiro atoms. The molecule has 29 heavy (non-hydrogen) atoms. The van der Waals surface area contributed by atoms with Gasteiger partial charge in [0.25, 0.3) is 0 Å². The highest BCUT2D eigenvalue weighted by atomic mass is 16.6. The molecule has 1 aromatic carbocycles. The van der Waals surface area contributed by atoms with Gasteiger partial charge in [0, 0.05) is 31.8 Å². The molecule has 1 N–H and O–H groups in total. The maximum atomic E-state index is 12.3. The predicted molar refractivity (Wildman–Crippen MR) is 112 cm³/mol. The maximum Gasteiger partial charge on any atom is 0.341 e. The molecule has 4 rings (SSSR count). The van der Waals surface area contributed by atoms with Crippen molar-refractivity contribution >= 4 is 28.8 Å². The number of cyclic esters (lactones) is 1. The SMILES string of the molecule is CC(=O)N[C@@H]1OC(=O)C(c2ccc(C3=CCN(c4ccccn4)CC3)cc2)=C1C. The lowest BCUT2D eigenvalue weighted by atomic mass is 9.95. The van der Waals surface area contributed by atoms with Crippen LogP contribution < -0.4 is 10.2 Å². The second-order valence-corrected chi connectivity index (χ2v) is 7.23. The Balaban J connectivity index is 1.50. The van der Waals surface area contributed by atoms with E-state index in [0.717, 1.165) is 42.0 Å². The summed E-state index contributed by atoms with van der Waals surface area (Å²) in [6.45, 7) is 4.95. The molecule has 0 saturated carbocycles. The summed E-state index contributed by atoms with van der Waals surface area (Å²) in [6.07, 6.45) is 4.29. The summed E-state index contributed by atoms with van der Waals surface area (Å²) in [5.41, 5.74) is 4.49. The minimum atomic E-state index is -0.687. The largest absolute Gasteiger partial charge is 0.434 e. The van der Waals surface area contributed by atoms with Crippen LogP contribution in [0.2, 0.25) is 0 Å². The first kappa shape index (κ1) is 18.9. The van der Waals surface area contributed by atoms with Crippen LogP contribution in [0.25, 0.3) is 11.1 Å². The number of carbonyl (C=O) groups is 2. The molecule has 0 unspecified atom stereocenters. The molecule has 0 aliphatic carbocycles. The molecule has 1 atom stereocenters. The second kappa shape index (κ2) is 7.91. The number of aromatic nitrogens is 1. The van der Waals surface area contributed by atoms with Crippen molar-refractivity contribution in [3.05, 3.63) is 71.4 Å². The summed E-state index contributed by atoms with van der Waals surface area (Å²) in [5, 5.41) is 2.64. The van der Waals surface area contributed by atoms with Gasteiger partial charge < -0.3 is 15.0 Å². The monoisotopic (exact) mass is 389 g/mol. The highest BCUT2D eigenvalue weighted by Gasteiger charge is 2.32. The van der Waals surface area contributed by atoms with Crippen molar-refractivity contribution in [2.24, 2.45) is 0 Å². The topological polar surface area (TPSA) is 71.5 Å². The lowest BCUT2D eigenvalue weighted by Crippen LogP contribution is -2.34. The van der Waals surface area contributed by atoms with Crippen LogP contribution in [-0.4, -0.2) is 36.2 Å². The normalized spacial score (nSPS) is 19.1. The van der Waals surface area contributed by atoms with Crippen molar-refractivity contribution in [2.75, 3.05) is 18.0 Å². The Morgan fingerprint density at radius 1 is 1.17 bits per heavy atom. The molecular formula is C23H23N3O3. The Morgan fingerprint density at radius 3 is 2.55 bits per heavy atom. The Morgan fingerprint density at radius 2 is 1.93 bits per heavy atom. The summed E-state index contributed by atoms with van der Waals surface area (Å²) in [7, 11) is 0. The number of carbonyl (C=O) groups excluding carboxylic acids is 2. The molecule has 6 nitrogen and oxygen atoms in total. The highest BCUT2D eigenvalue weighted by molar-refractivity contribution is 6.19. The second-order valence-electron chi connectivity index (χ2n) is 7.23. The molecule has 2 aliphatic heterocycles. The smallest absolute Gasteiger partial charge is 0.341 e. The number of rotatable bonds is 4. The standard InChI is InChI=1S/C23H23N3O3/c1-15-21(23(28)29-22(15)25-16(2)27)19-8-6-17(7-9-19)18-10-13-26(14-11-18)20-5-3-4-12-24-20/h3-10,12,22H,11,13-14H2,1-2H3,(H,25,27)/t22-/m1/s1. The van der Waals surface area contributed by atoms with Crippen molar-refractivity contribution in [3.63, 3.8) is 0 Å². The van der Waals surface area contributed by atoms with Crippen molar-refractivity contribution in [1.29, 1.82) is 0 Å². The fourth-order valence-corrected chi connectivity index (χ4v) is 3.75. The third-order valence-corrected chi connectivity index (χ3v) is 5.28. The number of amides is 1. The first-order chi connectivity index (χ1) is 14.0. The Kier molecular flexibility index (Phi) is 5.16. The van der Waals surface area contributed by atoms with E-state index < -0.39 is 12.2 Å². The fraction of sp³-hybridized carbons (Fsp3) is 0.261. The zero-order chi connectivity index (χ0) is 20.4. The van der Waals surface area contributed by atoms with E-state index in [0.29, 0.717) is 5.57 Å². The molecule has 0 radical (unpaired) electrons. The fourth-order valence-electron chi connectivity index (χ4n) is 3.75. The van der Waals surface area contributed by atoms with E-state index in [1.54, 1.807) is 0 Å². The van der Waals surface area contributed by atoms with E-state index >= 15 is 0 Å². The summed E-state index contributed by atoms with van der Waals surface area (Å²) in [6, 6.07) is 13.9. The number of nitrogens with zero attached hydrogens (tertiary/aromatic N) is 2. The quantitative estimate of drug-likeness (QED) is 0.814. The molecule has 0 saturated heterocycles. The van der Waals surface area contributed by atoms with Crippen LogP contribution in [0.1, 0.15) is 31.4 Å². The van der Waals surface area contributed by atoms with E-state index in [-0.39, 0.29) is 5.91 Å². The van der Waals surface area contributed by atoms with Crippen LogP contribution in [-0.2, 0) is 14.3 Å². The molecular weight excluding hydrogens is 366 g/mol. The lowest BCUT2D eigenvalue weighted by Gasteiger charge is -2.27. The van der Waals surface area contributed by atoms with Gasteiger partial charge in [-0.2, -0.15) is 0 Å².